The van der Waals surface area contributed by atoms with Gasteiger partial charge >= 0.3 is 0 Å². The van der Waals surface area contributed by atoms with Crippen molar-refractivity contribution in [1.29, 1.82) is 0 Å². The van der Waals surface area contributed by atoms with E-state index >= 15 is 0 Å². The molecule has 1 N–H and O–H groups in total. The molecule has 0 bridgehead atoms. The van der Waals surface area contributed by atoms with E-state index in [4.69, 9.17) is 4.42 Å². The molecular formula is C13H18BrN3O. The van der Waals surface area contributed by atoms with E-state index in [2.05, 4.69) is 40.2 Å². The fourth-order valence-corrected chi connectivity index (χ4v) is 2.59. The molecular weight excluding hydrogens is 294 g/mol. The summed E-state index contributed by atoms with van der Waals surface area (Å²) in [5.74, 6) is 1.93. The van der Waals surface area contributed by atoms with E-state index in [0.717, 1.165) is 34.7 Å². The van der Waals surface area contributed by atoms with Crippen molar-refractivity contribution in [3.8, 4) is 0 Å². The Morgan fingerprint density at radius 3 is 2.78 bits per heavy atom. The first-order valence-corrected chi connectivity index (χ1v) is 6.97. The smallest absolute Gasteiger partial charge is 0.127 e. The first kappa shape index (κ1) is 13.4. The maximum Gasteiger partial charge on any atom is 0.127 e. The minimum atomic E-state index is 0.0159. The highest BCUT2D eigenvalue weighted by atomic mass is 79.9. The molecule has 2 rings (SSSR count). The van der Waals surface area contributed by atoms with Crippen LogP contribution in [0.25, 0.3) is 0 Å². The molecule has 18 heavy (non-hydrogen) atoms. The summed E-state index contributed by atoms with van der Waals surface area (Å²) >= 11 is 3.56. The molecule has 4 nitrogen and oxygen atoms in total. The first-order chi connectivity index (χ1) is 8.71. The van der Waals surface area contributed by atoms with Gasteiger partial charge in [0.15, 0.2) is 0 Å². The van der Waals surface area contributed by atoms with Gasteiger partial charge in [-0.3, -0.25) is 4.68 Å². The van der Waals surface area contributed by atoms with Crippen LogP contribution in [-0.4, -0.2) is 16.8 Å². The van der Waals surface area contributed by atoms with Crippen LogP contribution in [0.5, 0.6) is 0 Å². The van der Waals surface area contributed by atoms with E-state index in [9.17, 15) is 0 Å². The zero-order chi connectivity index (χ0) is 13.1. The van der Waals surface area contributed by atoms with Crippen LogP contribution < -0.4 is 5.32 Å². The van der Waals surface area contributed by atoms with Gasteiger partial charge < -0.3 is 9.73 Å². The summed E-state index contributed by atoms with van der Waals surface area (Å²) in [6, 6.07) is 4.07. The van der Waals surface area contributed by atoms with Crippen LogP contribution in [-0.2, 0) is 13.0 Å². The molecule has 0 aliphatic heterocycles. The number of hydrogen-bond donors (Lipinski definition) is 1. The lowest BCUT2D eigenvalue weighted by Gasteiger charge is -2.16. The molecule has 0 aliphatic carbocycles. The van der Waals surface area contributed by atoms with E-state index in [1.165, 1.54) is 0 Å². The van der Waals surface area contributed by atoms with Gasteiger partial charge in [-0.15, -0.1) is 0 Å². The van der Waals surface area contributed by atoms with Crippen molar-refractivity contribution in [1.82, 2.24) is 15.1 Å². The number of hydrogen-bond acceptors (Lipinski definition) is 3. The number of halogens is 1. The second kappa shape index (κ2) is 5.71. The summed E-state index contributed by atoms with van der Waals surface area (Å²) in [6.07, 6.45) is 2.73. The molecule has 0 aromatic carbocycles. The standard InChI is InChI=1S/C13H18BrN3O/c1-4-9-6-7-11(18-9)12(15-3)13-10(14)8-16-17(13)5-2/h6-8,12,15H,4-5H2,1-3H3. The van der Waals surface area contributed by atoms with Gasteiger partial charge in [0.1, 0.15) is 17.6 Å². The van der Waals surface area contributed by atoms with Crippen molar-refractivity contribution in [2.24, 2.45) is 0 Å². The van der Waals surface area contributed by atoms with Crippen molar-refractivity contribution in [3.05, 3.63) is 40.0 Å². The lowest BCUT2D eigenvalue weighted by Crippen LogP contribution is -2.21. The van der Waals surface area contributed by atoms with Crippen LogP contribution in [0.1, 0.15) is 37.1 Å². The number of nitrogens with one attached hydrogen (secondary N) is 1. The molecule has 0 radical (unpaired) electrons. The third-order valence-electron chi connectivity index (χ3n) is 3.01. The van der Waals surface area contributed by atoms with Gasteiger partial charge in [-0.05, 0) is 42.0 Å². The van der Waals surface area contributed by atoms with Crippen molar-refractivity contribution in [2.45, 2.75) is 32.9 Å². The quantitative estimate of drug-likeness (QED) is 0.922. The van der Waals surface area contributed by atoms with E-state index in [1.54, 1.807) is 0 Å². The topological polar surface area (TPSA) is 43.0 Å². The predicted octanol–water partition coefficient (Wildman–Crippen LogP) is 3.13. The predicted molar refractivity (Wildman–Crippen MR) is 74.6 cm³/mol. The molecule has 2 heterocycles. The van der Waals surface area contributed by atoms with Crippen LogP contribution in [0.3, 0.4) is 0 Å². The summed E-state index contributed by atoms with van der Waals surface area (Å²) < 4.78 is 8.81. The molecule has 0 aliphatic rings. The van der Waals surface area contributed by atoms with Crippen molar-refractivity contribution >= 4 is 15.9 Å². The summed E-state index contributed by atoms with van der Waals surface area (Å²) in [5, 5.41) is 7.63. The van der Waals surface area contributed by atoms with Crippen molar-refractivity contribution < 1.29 is 4.42 Å². The number of aryl methyl sites for hydroxylation is 2. The Kier molecular flexibility index (Phi) is 4.24. The molecule has 0 fully saturated rings. The van der Waals surface area contributed by atoms with Crippen LogP contribution >= 0.6 is 15.9 Å². The SMILES string of the molecule is CCc1ccc(C(NC)c2c(Br)cnn2CC)o1. The van der Waals surface area contributed by atoms with E-state index in [0.29, 0.717) is 0 Å². The molecule has 0 spiro atoms. The Balaban J connectivity index is 2.41. The highest BCUT2D eigenvalue weighted by Crippen LogP contribution is 2.29. The Labute approximate surface area is 115 Å². The lowest BCUT2D eigenvalue weighted by molar-refractivity contribution is 0.419. The zero-order valence-electron chi connectivity index (χ0n) is 10.9. The average Bonchev–Trinajstić information content (AvgIpc) is 2.99. The Bertz CT molecular complexity index is 518. The van der Waals surface area contributed by atoms with Gasteiger partial charge in [0, 0.05) is 13.0 Å². The van der Waals surface area contributed by atoms with Crippen LogP contribution in [0.2, 0.25) is 0 Å². The van der Waals surface area contributed by atoms with Crippen LogP contribution in [0.15, 0.2) is 27.2 Å². The largest absolute Gasteiger partial charge is 0.464 e. The highest BCUT2D eigenvalue weighted by molar-refractivity contribution is 9.10. The van der Waals surface area contributed by atoms with Gasteiger partial charge in [-0.1, -0.05) is 6.92 Å². The maximum absolute atomic E-state index is 5.84. The second-order valence-corrected chi connectivity index (χ2v) is 4.93. The molecule has 98 valence electrons. The molecule has 0 saturated heterocycles. The zero-order valence-corrected chi connectivity index (χ0v) is 12.5. The van der Waals surface area contributed by atoms with Crippen molar-refractivity contribution in [2.75, 3.05) is 7.05 Å². The Morgan fingerprint density at radius 2 is 2.22 bits per heavy atom. The van der Waals surface area contributed by atoms with Gasteiger partial charge in [-0.25, -0.2) is 0 Å². The molecule has 2 aromatic heterocycles. The molecule has 1 unspecified atom stereocenters. The third kappa shape index (κ3) is 2.37. The number of furan rings is 1. The van der Waals surface area contributed by atoms with Gasteiger partial charge in [0.05, 0.1) is 16.4 Å². The summed E-state index contributed by atoms with van der Waals surface area (Å²) in [5.41, 5.74) is 1.09. The first-order valence-electron chi connectivity index (χ1n) is 6.18. The normalized spacial score (nSPS) is 12.9. The number of nitrogens with zero attached hydrogens (tertiary/aromatic N) is 2. The lowest BCUT2D eigenvalue weighted by atomic mass is 10.1. The van der Waals surface area contributed by atoms with Crippen molar-refractivity contribution in [3.63, 3.8) is 0 Å². The Hall–Kier alpha value is -1.07. The summed E-state index contributed by atoms with van der Waals surface area (Å²) in [4.78, 5) is 0. The van der Waals surface area contributed by atoms with Gasteiger partial charge in [0.2, 0.25) is 0 Å². The summed E-state index contributed by atoms with van der Waals surface area (Å²) in [7, 11) is 1.93. The minimum Gasteiger partial charge on any atom is -0.464 e. The minimum absolute atomic E-state index is 0.0159. The van der Waals surface area contributed by atoms with Crippen LogP contribution in [0, 0.1) is 0 Å². The highest BCUT2D eigenvalue weighted by Gasteiger charge is 2.22. The number of aromatic nitrogens is 2. The molecule has 0 amide bonds. The molecule has 2 aromatic rings. The average molecular weight is 312 g/mol. The molecule has 1 atom stereocenters. The fourth-order valence-electron chi connectivity index (χ4n) is 2.06. The second-order valence-electron chi connectivity index (χ2n) is 4.07. The fraction of sp³-hybridized carbons (Fsp3) is 0.462. The summed E-state index contributed by atoms with van der Waals surface area (Å²) in [6.45, 7) is 5.00. The maximum atomic E-state index is 5.84. The van der Waals surface area contributed by atoms with E-state index < -0.39 is 0 Å². The van der Waals surface area contributed by atoms with Crippen LogP contribution in [0.4, 0.5) is 0 Å². The van der Waals surface area contributed by atoms with E-state index in [-0.39, 0.29) is 6.04 Å². The molecule has 0 saturated carbocycles. The molecule has 5 heteroatoms. The van der Waals surface area contributed by atoms with Gasteiger partial charge in [-0.2, -0.15) is 5.10 Å². The Morgan fingerprint density at radius 1 is 1.44 bits per heavy atom. The number of rotatable bonds is 5. The third-order valence-corrected chi connectivity index (χ3v) is 3.62. The monoisotopic (exact) mass is 311 g/mol. The van der Waals surface area contributed by atoms with Gasteiger partial charge in [0.25, 0.3) is 0 Å². The van der Waals surface area contributed by atoms with E-state index in [1.807, 2.05) is 30.1 Å².